The quantitative estimate of drug-likeness (QED) is 0.452. The number of nitrogens with zero attached hydrogens (tertiary/aromatic N) is 3. The van der Waals surface area contributed by atoms with Crippen molar-refractivity contribution in [1.82, 2.24) is 19.4 Å². The van der Waals surface area contributed by atoms with Gasteiger partial charge in [0.2, 0.25) is 5.91 Å². The van der Waals surface area contributed by atoms with Crippen molar-refractivity contribution in [3.05, 3.63) is 77.5 Å². The van der Waals surface area contributed by atoms with E-state index in [1.54, 1.807) is 32.9 Å². The third-order valence-electron chi connectivity index (χ3n) is 5.19. The molecule has 0 spiro atoms. The first kappa shape index (κ1) is 23.7. The number of aromatic nitrogens is 3. The van der Waals surface area contributed by atoms with Crippen LogP contribution in [0.5, 0.6) is 0 Å². The summed E-state index contributed by atoms with van der Waals surface area (Å²) in [4.78, 5) is 45.4. The van der Waals surface area contributed by atoms with Gasteiger partial charge in [-0.3, -0.25) is 9.59 Å². The van der Waals surface area contributed by atoms with Gasteiger partial charge < -0.3 is 24.5 Å². The molecule has 0 unspecified atom stereocenters. The number of para-hydroxylation sites is 1. The first-order chi connectivity index (χ1) is 16.6. The number of hydrogen-bond acceptors (Lipinski definition) is 5. The first-order valence-corrected chi connectivity index (χ1v) is 11.1. The molecule has 0 bridgehead atoms. The number of aromatic amines is 1. The molecule has 9 heteroatoms. The lowest BCUT2D eigenvalue weighted by Gasteiger charge is -2.24. The number of likely N-dealkylation sites (N-methyl/N-ethyl adjacent to an activating group) is 1. The van der Waals surface area contributed by atoms with E-state index < -0.39 is 11.7 Å². The number of rotatable bonds is 5. The van der Waals surface area contributed by atoms with E-state index in [1.165, 1.54) is 18.3 Å². The Morgan fingerprint density at radius 3 is 2.43 bits per heavy atom. The van der Waals surface area contributed by atoms with Crippen LogP contribution >= 0.6 is 0 Å². The summed E-state index contributed by atoms with van der Waals surface area (Å²) in [6.45, 7) is 5.15. The molecule has 2 aromatic heterocycles. The summed E-state index contributed by atoms with van der Waals surface area (Å²) in [6, 6.07) is 16.8. The molecule has 35 heavy (non-hydrogen) atoms. The van der Waals surface area contributed by atoms with E-state index in [0.29, 0.717) is 16.7 Å². The van der Waals surface area contributed by atoms with Gasteiger partial charge in [0.1, 0.15) is 12.1 Å². The lowest BCUT2D eigenvalue weighted by Crippen LogP contribution is -2.38. The van der Waals surface area contributed by atoms with E-state index in [9.17, 15) is 14.4 Å². The monoisotopic (exact) mass is 473 g/mol. The third kappa shape index (κ3) is 5.40. The molecule has 2 N–H and O–H groups in total. The van der Waals surface area contributed by atoms with Gasteiger partial charge >= 0.3 is 6.09 Å². The van der Waals surface area contributed by atoms with Crippen molar-refractivity contribution in [3.63, 3.8) is 0 Å². The fourth-order valence-electron chi connectivity index (χ4n) is 3.63. The molecule has 0 aliphatic rings. The van der Waals surface area contributed by atoms with Gasteiger partial charge in [-0.1, -0.05) is 30.3 Å². The highest BCUT2D eigenvalue weighted by Crippen LogP contribution is 2.30. The third-order valence-corrected chi connectivity index (χ3v) is 5.19. The average molecular weight is 474 g/mol. The lowest BCUT2D eigenvalue weighted by atomic mass is 10.1. The molecule has 0 saturated carbocycles. The first-order valence-electron chi connectivity index (χ1n) is 11.1. The SMILES string of the molecule is CN(CC(=O)Nc1ccc(-c2cn(-c3ccccc3)c3nc[nH]c(=O)c23)cc1)C(=O)OC(C)(C)C. The maximum absolute atomic E-state index is 12.7. The topological polar surface area (TPSA) is 109 Å². The molecule has 0 fully saturated rings. The molecular weight excluding hydrogens is 446 g/mol. The van der Waals surface area contributed by atoms with E-state index >= 15 is 0 Å². The Balaban J connectivity index is 1.55. The number of carbonyl (C=O) groups excluding carboxylic acids is 2. The Labute approximate surface area is 202 Å². The van der Waals surface area contributed by atoms with Crippen molar-refractivity contribution >= 4 is 28.7 Å². The molecule has 2 amide bonds. The van der Waals surface area contributed by atoms with Crippen LogP contribution in [-0.4, -0.2) is 50.6 Å². The van der Waals surface area contributed by atoms with Crippen LogP contribution in [0.25, 0.3) is 27.8 Å². The molecule has 0 aliphatic carbocycles. The lowest BCUT2D eigenvalue weighted by molar-refractivity contribution is -0.117. The Morgan fingerprint density at radius 1 is 1.09 bits per heavy atom. The van der Waals surface area contributed by atoms with Crippen molar-refractivity contribution in [3.8, 4) is 16.8 Å². The van der Waals surface area contributed by atoms with Crippen LogP contribution in [-0.2, 0) is 9.53 Å². The number of ether oxygens (including phenoxy) is 1. The maximum Gasteiger partial charge on any atom is 0.410 e. The van der Waals surface area contributed by atoms with Crippen molar-refractivity contribution in [2.75, 3.05) is 18.9 Å². The highest BCUT2D eigenvalue weighted by atomic mass is 16.6. The summed E-state index contributed by atoms with van der Waals surface area (Å²) in [6.07, 6.45) is 2.70. The number of H-pyrrole nitrogens is 1. The fraction of sp³-hybridized carbons (Fsp3) is 0.231. The van der Waals surface area contributed by atoms with Crippen LogP contribution < -0.4 is 10.9 Å². The van der Waals surface area contributed by atoms with E-state index in [1.807, 2.05) is 53.2 Å². The second kappa shape index (κ2) is 9.46. The number of hydrogen-bond donors (Lipinski definition) is 2. The molecular formula is C26H27N5O4. The van der Waals surface area contributed by atoms with Gasteiger partial charge in [0.15, 0.2) is 5.65 Å². The van der Waals surface area contributed by atoms with Crippen molar-refractivity contribution in [2.45, 2.75) is 26.4 Å². The summed E-state index contributed by atoms with van der Waals surface area (Å²) < 4.78 is 7.14. The zero-order chi connectivity index (χ0) is 25.2. The van der Waals surface area contributed by atoms with Crippen LogP contribution in [0, 0.1) is 0 Å². The molecule has 0 radical (unpaired) electrons. The number of carbonyl (C=O) groups is 2. The minimum Gasteiger partial charge on any atom is -0.444 e. The van der Waals surface area contributed by atoms with Gasteiger partial charge in [0, 0.05) is 30.2 Å². The average Bonchev–Trinajstić information content (AvgIpc) is 3.20. The normalized spacial score (nSPS) is 11.3. The van der Waals surface area contributed by atoms with Gasteiger partial charge in [-0.25, -0.2) is 9.78 Å². The number of amides is 2. The number of anilines is 1. The van der Waals surface area contributed by atoms with E-state index in [2.05, 4.69) is 15.3 Å². The summed E-state index contributed by atoms with van der Waals surface area (Å²) in [5.41, 5.74) is 2.65. The Hall–Kier alpha value is -4.40. The number of benzene rings is 2. The maximum atomic E-state index is 12.7. The van der Waals surface area contributed by atoms with Gasteiger partial charge in [0.25, 0.3) is 5.56 Å². The van der Waals surface area contributed by atoms with Gasteiger partial charge in [-0.15, -0.1) is 0 Å². The minimum atomic E-state index is -0.640. The van der Waals surface area contributed by atoms with E-state index in [0.717, 1.165) is 16.8 Å². The van der Waals surface area contributed by atoms with Crippen molar-refractivity contribution < 1.29 is 14.3 Å². The van der Waals surface area contributed by atoms with E-state index in [4.69, 9.17) is 4.74 Å². The highest BCUT2D eigenvalue weighted by molar-refractivity contribution is 5.96. The largest absolute Gasteiger partial charge is 0.444 e. The molecule has 0 aliphatic heterocycles. The Morgan fingerprint density at radius 2 is 1.77 bits per heavy atom. The summed E-state index contributed by atoms with van der Waals surface area (Å²) >= 11 is 0. The van der Waals surface area contributed by atoms with E-state index in [-0.39, 0.29) is 18.0 Å². The molecule has 4 aromatic rings. The number of fused-ring (bicyclic) bond motifs is 1. The smallest absolute Gasteiger partial charge is 0.410 e. The number of nitrogens with one attached hydrogen (secondary N) is 2. The van der Waals surface area contributed by atoms with Crippen LogP contribution in [0.4, 0.5) is 10.5 Å². The second-order valence-corrected chi connectivity index (χ2v) is 9.14. The predicted octanol–water partition coefficient (Wildman–Crippen LogP) is 4.19. The predicted molar refractivity (Wildman–Crippen MR) is 135 cm³/mol. The standard InChI is InChI=1S/C26H27N5O4/c1-26(2,3)35-25(34)30(4)15-21(32)29-18-12-10-17(11-13-18)20-14-31(19-8-6-5-7-9-19)23-22(20)24(33)28-16-27-23/h5-14,16H,15H2,1-4H3,(H,29,32)(H,27,28,33). The Bertz CT molecular complexity index is 1420. The minimum absolute atomic E-state index is 0.151. The zero-order valence-electron chi connectivity index (χ0n) is 20.0. The van der Waals surface area contributed by atoms with Gasteiger partial charge in [-0.05, 0) is 50.6 Å². The molecule has 0 saturated heterocycles. The van der Waals surface area contributed by atoms with Crippen LogP contribution in [0.15, 0.2) is 71.9 Å². The highest BCUT2D eigenvalue weighted by Gasteiger charge is 2.21. The summed E-state index contributed by atoms with van der Waals surface area (Å²) in [7, 11) is 1.50. The van der Waals surface area contributed by atoms with Crippen molar-refractivity contribution in [2.24, 2.45) is 0 Å². The van der Waals surface area contributed by atoms with Gasteiger partial charge in [-0.2, -0.15) is 0 Å². The molecule has 4 rings (SSSR count). The molecule has 0 atom stereocenters. The second-order valence-electron chi connectivity index (χ2n) is 9.14. The molecule has 2 heterocycles. The molecule has 9 nitrogen and oxygen atoms in total. The van der Waals surface area contributed by atoms with Crippen LogP contribution in [0.2, 0.25) is 0 Å². The fourth-order valence-corrected chi connectivity index (χ4v) is 3.63. The summed E-state index contributed by atoms with van der Waals surface area (Å²) in [5.74, 6) is -0.354. The summed E-state index contributed by atoms with van der Waals surface area (Å²) in [5, 5.41) is 3.25. The molecule has 2 aromatic carbocycles. The van der Waals surface area contributed by atoms with Crippen molar-refractivity contribution in [1.29, 1.82) is 0 Å². The van der Waals surface area contributed by atoms with Crippen LogP contribution in [0.3, 0.4) is 0 Å². The Kier molecular flexibility index (Phi) is 6.42. The zero-order valence-corrected chi connectivity index (χ0v) is 20.0. The van der Waals surface area contributed by atoms with Gasteiger partial charge in [0.05, 0.1) is 11.7 Å². The van der Waals surface area contributed by atoms with Crippen LogP contribution in [0.1, 0.15) is 20.8 Å². The molecule has 180 valence electrons.